The molecule has 5 rings (SSSR count). The van der Waals surface area contributed by atoms with Crippen LogP contribution >= 0.6 is 11.3 Å². The van der Waals surface area contributed by atoms with E-state index in [0.717, 1.165) is 40.2 Å². The van der Waals surface area contributed by atoms with E-state index in [1.54, 1.807) is 28.6 Å². The summed E-state index contributed by atoms with van der Waals surface area (Å²) in [6.45, 7) is 3.44. The summed E-state index contributed by atoms with van der Waals surface area (Å²) in [5, 5.41) is 11.3. The molecule has 1 aliphatic heterocycles. The number of nitrogens with one attached hydrogen (secondary N) is 2. The van der Waals surface area contributed by atoms with Crippen molar-refractivity contribution in [3.8, 4) is 0 Å². The second-order valence-corrected chi connectivity index (χ2v) is 10.3. The largest absolute Gasteiger partial charge is 0.327 e. The fourth-order valence-electron chi connectivity index (χ4n) is 4.53. The Labute approximate surface area is 201 Å². The zero-order valence-electron chi connectivity index (χ0n) is 19.4. The Kier molecular flexibility index (Phi) is 6.01. The van der Waals surface area contributed by atoms with Crippen LogP contribution in [-0.2, 0) is 16.1 Å². The number of pyridine rings is 1. The monoisotopic (exact) mass is 477 g/mol. The number of H-pyrrole nitrogens is 1. The number of likely N-dealkylation sites (tertiary alicyclic amines) is 1. The molecule has 9 nitrogen and oxygen atoms in total. The van der Waals surface area contributed by atoms with Gasteiger partial charge < -0.3 is 15.1 Å². The average molecular weight is 478 g/mol. The molecule has 0 unspecified atom stereocenters. The van der Waals surface area contributed by atoms with Crippen molar-refractivity contribution < 1.29 is 9.59 Å². The van der Waals surface area contributed by atoms with Gasteiger partial charge in [0.05, 0.1) is 46.1 Å². The van der Waals surface area contributed by atoms with Gasteiger partial charge in [-0.15, -0.1) is 11.3 Å². The SMILES string of the molecule is C[C@H]1CC[C@H](c2ccc3sc(CN(C)C)nc3c2)N(C(=O)C(=O)Nc2cncc3[nH]ncc23)C1. The first-order chi connectivity index (χ1) is 16.4. The van der Waals surface area contributed by atoms with Gasteiger partial charge in [-0.3, -0.25) is 19.7 Å². The normalized spacial score (nSPS) is 18.6. The van der Waals surface area contributed by atoms with Gasteiger partial charge in [-0.25, -0.2) is 4.98 Å². The number of carbonyl (C=O) groups excluding carboxylic acids is 2. The lowest BCUT2D eigenvalue weighted by Gasteiger charge is -2.38. The number of aromatic nitrogens is 4. The van der Waals surface area contributed by atoms with Gasteiger partial charge in [0.25, 0.3) is 0 Å². The van der Waals surface area contributed by atoms with Gasteiger partial charge in [-0.05, 0) is 50.6 Å². The van der Waals surface area contributed by atoms with Crippen LogP contribution in [0.3, 0.4) is 0 Å². The maximum absolute atomic E-state index is 13.3. The lowest BCUT2D eigenvalue weighted by molar-refractivity contribution is -0.146. The van der Waals surface area contributed by atoms with E-state index < -0.39 is 11.8 Å². The van der Waals surface area contributed by atoms with Crippen LogP contribution in [0.2, 0.25) is 0 Å². The van der Waals surface area contributed by atoms with E-state index in [9.17, 15) is 9.59 Å². The van der Waals surface area contributed by atoms with Crippen molar-refractivity contribution in [3.63, 3.8) is 0 Å². The van der Waals surface area contributed by atoms with Crippen LogP contribution in [-0.4, -0.2) is 62.4 Å². The Balaban J connectivity index is 1.40. The minimum Gasteiger partial charge on any atom is -0.327 e. The van der Waals surface area contributed by atoms with E-state index >= 15 is 0 Å². The lowest BCUT2D eigenvalue weighted by atomic mass is 9.89. The molecule has 4 aromatic rings. The topological polar surface area (TPSA) is 107 Å². The minimum atomic E-state index is -0.669. The molecule has 1 fully saturated rings. The molecule has 176 valence electrons. The van der Waals surface area contributed by atoms with Crippen LogP contribution in [0.1, 0.15) is 36.4 Å². The lowest BCUT2D eigenvalue weighted by Crippen LogP contribution is -2.46. The van der Waals surface area contributed by atoms with E-state index in [2.05, 4.69) is 50.5 Å². The number of hydrogen-bond donors (Lipinski definition) is 2. The molecule has 0 spiro atoms. The summed E-state index contributed by atoms with van der Waals surface area (Å²) >= 11 is 1.69. The third-order valence-electron chi connectivity index (χ3n) is 6.18. The minimum absolute atomic E-state index is 0.166. The molecule has 0 bridgehead atoms. The number of rotatable bonds is 4. The summed E-state index contributed by atoms with van der Waals surface area (Å²) < 4.78 is 1.13. The van der Waals surface area contributed by atoms with Gasteiger partial charge in [0.1, 0.15) is 5.01 Å². The summed E-state index contributed by atoms with van der Waals surface area (Å²) in [7, 11) is 4.05. The Morgan fingerprint density at radius 1 is 1.24 bits per heavy atom. The molecule has 1 aromatic carbocycles. The van der Waals surface area contributed by atoms with Crippen LogP contribution in [0.4, 0.5) is 5.69 Å². The molecule has 0 radical (unpaired) electrons. The van der Waals surface area contributed by atoms with Gasteiger partial charge in [-0.1, -0.05) is 13.0 Å². The van der Waals surface area contributed by atoms with Gasteiger partial charge in [0.15, 0.2) is 0 Å². The van der Waals surface area contributed by atoms with Crippen molar-refractivity contribution in [2.24, 2.45) is 5.92 Å². The number of carbonyl (C=O) groups is 2. The van der Waals surface area contributed by atoms with Crippen LogP contribution < -0.4 is 5.32 Å². The van der Waals surface area contributed by atoms with Crippen molar-refractivity contribution in [2.45, 2.75) is 32.4 Å². The molecule has 4 heterocycles. The van der Waals surface area contributed by atoms with Crippen LogP contribution in [0.15, 0.2) is 36.8 Å². The number of benzene rings is 1. The maximum Gasteiger partial charge on any atom is 0.313 e. The molecular weight excluding hydrogens is 450 g/mol. The first-order valence-corrected chi connectivity index (χ1v) is 12.1. The number of thiazole rings is 1. The highest BCUT2D eigenvalue weighted by atomic mass is 32.1. The van der Waals surface area contributed by atoms with E-state index in [1.807, 2.05) is 14.1 Å². The highest BCUT2D eigenvalue weighted by molar-refractivity contribution is 7.18. The smallest absolute Gasteiger partial charge is 0.313 e. The van der Waals surface area contributed by atoms with Gasteiger partial charge >= 0.3 is 11.8 Å². The summed E-state index contributed by atoms with van der Waals surface area (Å²) in [4.78, 5) is 39.1. The molecule has 10 heteroatoms. The van der Waals surface area contributed by atoms with Crippen LogP contribution in [0.5, 0.6) is 0 Å². The standard InChI is InChI=1S/C24H27N7O2S/c1-14-4-6-20(15-5-7-21-17(8-15)27-22(34-21)13-30(2)3)31(12-14)24(33)23(32)28-18-10-25-11-19-16(18)9-26-29-19/h5,7-11,14,20H,4,6,12-13H2,1-3H3,(H,26,29)(H,28,32)/t14-,20+/m0/s1. The molecule has 2 atom stereocenters. The Hall–Kier alpha value is -3.37. The third-order valence-corrected chi connectivity index (χ3v) is 7.20. The van der Waals surface area contributed by atoms with Crippen molar-refractivity contribution in [2.75, 3.05) is 26.0 Å². The number of piperidine rings is 1. The third kappa shape index (κ3) is 4.38. The molecular formula is C24H27N7O2S. The molecule has 0 saturated carbocycles. The van der Waals surface area contributed by atoms with Gasteiger partial charge in [0.2, 0.25) is 0 Å². The first kappa shape index (κ1) is 22.4. The molecule has 3 aromatic heterocycles. The predicted octanol–water partition coefficient (Wildman–Crippen LogP) is 3.57. The highest BCUT2D eigenvalue weighted by Crippen LogP contribution is 2.36. The highest BCUT2D eigenvalue weighted by Gasteiger charge is 2.34. The van der Waals surface area contributed by atoms with Crippen molar-refractivity contribution >= 4 is 50.0 Å². The van der Waals surface area contributed by atoms with E-state index in [-0.39, 0.29) is 6.04 Å². The molecule has 0 aliphatic carbocycles. The van der Waals surface area contributed by atoms with Crippen molar-refractivity contribution in [1.29, 1.82) is 0 Å². The Morgan fingerprint density at radius 2 is 2.09 bits per heavy atom. The summed E-state index contributed by atoms with van der Waals surface area (Å²) in [6, 6.07) is 6.04. The second kappa shape index (κ2) is 9.11. The molecule has 1 aliphatic rings. The average Bonchev–Trinajstić information content (AvgIpc) is 3.44. The fourth-order valence-corrected chi connectivity index (χ4v) is 5.60. The number of amides is 2. The number of hydrogen-bond acceptors (Lipinski definition) is 7. The summed E-state index contributed by atoms with van der Waals surface area (Å²) in [5.74, 6) is -0.886. The maximum atomic E-state index is 13.3. The van der Waals surface area contributed by atoms with Crippen LogP contribution in [0.25, 0.3) is 21.1 Å². The molecule has 2 amide bonds. The summed E-state index contributed by atoms with van der Waals surface area (Å²) in [5.41, 5.74) is 3.11. The van der Waals surface area contributed by atoms with Gasteiger partial charge in [-0.2, -0.15) is 5.10 Å². The molecule has 2 N–H and O–H groups in total. The van der Waals surface area contributed by atoms with E-state index in [0.29, 0.717) is 29.1 Å². The Morgan fingerprint density at radius 3 is 2.91 bits per heavy atom. The van der Waals surface area contributed by atoms with E-state index in [4.69, 9.17) is 4.98 Å². The van der Waals surface area contributed by atoms with Crippen molar-refractivity contribution in [1.82, 2.24) is 30.0 Å². The van der Waals surface area contributed by atoms with Gasteiger partial charge in [0, 0.05) is 18.5 Å². The predicted molar refractivity (Wildman–Crippen MR) is 132 cm³/mol. The fraction of sp³-hybridized carbons (Fsp3) is 0.375. The number of anilines is 1. The summed E-state index contributed by atoms with van der Waals surface area (Å²) in [6.07, 6.45) is 6.56. The second-order valence-electron chi connectivity index (χ2n) is 9.20. The molecule has 1 saturated heterocycles. The zero-order valence-corrected chi connectivity index (χ0v) is 20.2. The first-order valence-electron chi connectivity index (χ1n) is 11.3. The zero-order chi connectivity index (χ0) is 23.8. The van der Waals surface area contributed by atoms with Crippen LogP contribution in [0, 0.1) is 5.92 Å². The van der Waals surface area contributed by atoms with Crippen molar-refractivity contribution in [3.05, 3.63) is 47.4 Å². The number of nitrogens with zero attached hydrogens (tertiary/aromatic N) is 5. The Bertz CT molecular complexity index is 1360. The number of aromatic amines is 1. The molecule has 34 heavy (non-hydrogen) atoms. The van der Waals surface area contributed by atoms with E-state index in [1.165, 1.54) is 6.20 Å². The quantitative estimate of drug-likeness (QED) is 0.435. The number of fused-ring (bicyclic) bond motifs is 2.